The predicted octanol–water partition coefficient (Wildman–Crippen LogP) is 3.13. The van der Waals surface area contributed by atoms with Crippen LogP contribution in [-0.4, -0.2) is 52.4 Å². The van der Waals surface area contributed by atoms with Gasteiger partial charge < -0.3 is 19.7 Å². The number of carbonyl (C=O) groups is 3. The summed E-state index contributed by atoms with van der Waals surface area (Å²) in [4.78, 5) is 36.2. The van der Waals surface area contributed by atoms with Crippen molar-refractivity contribution in [2.75, 3.05) is 6.61 Å². The Labute approximate surface area is 201 Å². The standard InChI is InChI=1S/C27H38O7/c1-6-23(32)34-27(22(31)14-33-16(3)28)10-8-19-18-11-15(2)20-12-17(29)7-9-25(20,4)24(18)21(30)13-26(19,27)5/h7,9,12,15,18-19,21-22,24,30-31H,6,8,10-11,13-14H2,1-5H3/t15-,18-,19-,21-,22?,24+,25-,26-,27-/m0/s1. The molecule has 0 saturated heterocycles. The first-order chi connectivity index (χ1) is 15.9. The molecule has 34 heavy (non-hydrogen) atoms. The van der Waals surface area contributed by atoms with Crippen molar-refractivity contribution in [3.63, 3.8) is 0 Å². The van der Waals surface area contributed by atoms with Crippen molar-refractivity contribution < 1.29 is 34.1 Å². The van der Waals surface area contributed by atoms with E-state index < -0.39 is 40.6 Å². The lowest BCUT2D eigenvalue weighted by Crippen LogP contribution is -2.64. The van der Waals surface area contributed by atoms with Crippen molar-refractivity contribution in [1.82, 2.24) is 0 Å². The number of ketones is 1. The third-order valence-corrected chi connectivity index (χ3v) is 9.57. The van der Waals surface area contributed by atoms with E-state index >= 15 is 0 Å². The SMILES string of the molecule is CCC(=O)O[C@]1(C(O)COC(C)=O)CC[C@H]2[C@@H]3C[C@H](C)C4=CC(=O)C=C[C@]4(C)[C@H]3[C@@H](O)C[C@@]21C. The third-order valence-electron chi connectivity index (χ3n) is 9.57. The quantitative estimate of drug-likeness (QED) is 0.589. The van der Waals surface area contributed by atoms with E-state index in [1.54, 1.807) is 19.1 Å². The van der Waals surface area contributed by atoms with Crippen LogP contribution in [-0.2, 0) is 23.9 Å². The molecule has 1 unspecified atom stereocenters. The van der Waals surface area contributed by atoms with Crippen molar-refractivity contribution in [2.45, 2.75) is 84.5 Å². The van der Waals surface area contributed by atoms with E-state index in [0.717, 1.165) is 18.4 Å². The van der Waals surface area contributed by atoms with Crippen molar-refractivity contribution in [3.05, 3.63) is 23.8 Å². The van der Waals surface area contributed by atoms with Crippen LogP contribution in [0.3, 0.4) is 0 Å². The molecular weight excluding hydrogens is 436 g/mol. The van der Waals surface area contributed by atoms with Crippen molar-refractivity contribution >= 4 is 17.7 Å². The van der Waals surface area contributed by atoms with E-state index in [-0.39, 0.29) is 42.5 Å². The van der Waals surface area contributed by atoms with E-state index in [1.165, 1.54) is 6.92 Å². The summed E-state index contributed by atoms with van der Waals surface area (Å²) >= 11 is 0. The highest BCUT2D eigenvalue weighted by molar-refractivity contribution is 6.01. The molecule has 0 heterocycles. The Hall–Kier alpha value is -1.99. The summed E-state index contributed by atoms with van der Waals surface area (Å²) in [6, 6.07) is 0. The van der Waals surface area contributed by atoms with Crippen LogP contribution >= 0.6 is 0 Å². The van der Waals surface area contributed by atoms with Gasteiger partial charge in [0.1, 0.15) is 18.3 Å². The minimum absolute atomic E-state index is 0.00660. The van der Waals surface area contributed by atoms with Crippen LogP contribution < -0.4 is 0 Å². The normalized spacial score (nSPS) is 43.8. The maximum atomic E-state index is 12.6. The molecule has 0 amide bonds. The fourth-order valence-electron chi connectivity index (χ4n) is 8.16. The average molecular weight is 475 g/mol. The molecule has 0 aromatic heterocycles. The van der Waals surface area contributed by atoms with Crippen LogP contribution in [0.25, 0.3) is 0 Å². The zero-order chi connectivity index (χ0) is 25.1. The van der Waals surface area contributed by atoms with Crippen molar-refractivity contribution in [3.8, 4) is 0 Å². The number of esters is 2. The Bertz CT molecular complexity index is 937. The smallest absolute Gasteiger partial charge is 0.306 e. The summed E-state index contributed by atoms with van der Waals surface area (Å²) in [5.74, 6) is -0.589. The molecule has 0 bridgehead atoms. The van der Waals surface area contributed by atoms with Crippen LogP contribution in [0.15, 0.2) is 23.8 Å². The molecule has 3 saturated carbocycles. The van der Waals surface area contributed by atoms with Gasteiger partial charge in [-0.25, -0.2) is 0 Å². The van der Waals surface area contributed by atoms with Crippen LogP contribution in [0.4, 0.5) is 0 Å². The molecule has 4 aliphatic carbocycles. The fourth-order valence-corrected chi connectivity index (χ4v) is 8.16. The molecular formula is C27H38O7. The fraction of sp³-hybridized carbons (Fsp3) is 0.741. The largest absolute Gasteiger partial charge is 0.463 e. The molecule has 4 rings (SSSR count). The lowest BCUT2D eigenvalue weighted by Gasteiger charge is -2.61. The number of hydrogen-bond acceptors (Lipinski definition) is 7. The second-order valence-electron chi connectivity index (χ2n) is 11.3. The maximum absolute atomic E-state index is 12.6. The number of ether oxygens (including phenoxy) is 2. The highest BCUT2D eigenvalue weighted by Crippen LogP contribution is 2.69. The monoisotopic (exact) mass is 474 g/mol. The van der Waals surface area contributed by atoms with Crippen LogP contribution in [0.5, 0.6) is 0 Å². The second kappa shape index (κ2) is 8.59. The van der Waals surface area contributed by atoms with Gasteiger partial charge in [-0.3, -0.25) is 14.4 Å². The Balaban J connectivity index is 1.75. The minimum Gasteiger partial charge on any atom is -0.463 e. The van der Waals surface area contributed by atoms with Gasteiger partial charge in [-0.05, 0) is 55.6 Å². The molecule has 7 nitrogen and oxygen atoms in total. The zero-order valence-corrected chi connectivity index (χ0v) is 20.9. The van der Waals surface area contributed by atoms with Gasteiger partial charge in [-0.2, -0.15) is 0 Å². The first-order valence-corrected chi connectivity index (χ1v) is 12.6. The zero-order valence-electron chi connectivity index (χ0n) is 20.9. The number of aliphatic hydroxyl groups is 2. The Morgan fingerprint density at radius 3 is 2.65 bits per heavy atom. The van der Waals surface area contributed by atoms with Crippen molar-refractivity contribution in [2.24, 2.45) is 34.5 Å². The van der Waals surface area contributed by atoms with E-state index in [0.29, 0.717) is 12.8 Å². The van der Waals surface area contributed by atoms with E-state index in [1.807, 2.05) is 13.0 Å². The molecule has 3 fully saturated rings. The maximum Gasteiger partial charge on any atom is 0.306 e. The van der Waals surface area contributed by atoms with Crippen LogP contribution in [0, 0.1) is 34.5 Å². The van der Waals surface area contributed by atoms with E-state index in [2.05, 4.69) is 13.8 Å². The van der Waals surface area contributed by atoms with Gasteiger partial charge in [0.2, 0.25) is 0 Å². The summed E-state index contributed by atoms with van der Waals surface area (Å²) in [5, 5.41) is 22.9. The van der Waals surface area contributed by atoms with Gasteiger partial charge in [-0.1, -0.05) is 39.3 Å². The summed E-state index contributed by atoms with van der Waals surface area (Å²) in [6.45, 7) is 9.01. The molecule has 2 N–H and O–H groups in total. The van der Waals surface area contributed by atoms with Crippen molar-refractivity contribution in [1.29, 1.82) is 0 Å². The summed E-state index contributed by atoms with van der Waals surface area (Å²) < 4.78 is 11.2. The number of allylic oxidation sites excluding steroid dienone is 4. The molecule has 0 aromatic rings. The number of aliphatic hydroxyl groups excluding tert-OH is 2. The topological polar surface area (TPSA) is 110 Å². The van der Waals surface area contributed by atoms with Crippen LogP contribution in [0.1, 0.15) is 66.7 Å². The number of hydrogen-bond donors (Lipinski definition) is 2. The minimum atomic E-state index is -1.25. The first kappa shape index (κ1) is 25.1. The van der Waals surface area contributed by atoms with Crippen LogP contribution in [0.2, 0.25) is 0 Å². The summed E-state index contributed by atoms with van der Waals surface area (Å²) in [5.41, 5.74) is -1.27. The Kier molecular flexibility index (Phi) is 6.35. The molecule has 7 heteroatoms. The third kappa shape index (κ3) is 3.58. The van der Waals surface area contributed by atoms with Gasteiger partial charge in [0.15, 0.2) is 5.78 Å². The van der Waals surface area contributed by atoms with Gasteiger partial charge in [0.05, 0.1) is 6.10 Å². The van der Waals surface area contributed by atoms with Gasteiger partial charge in [0.25, 0.3) is 0 Å². The molecule has 9 atom stereocenters. The Morgan fingerprint density at radius 1 is 1.29 bits per heavy atom. The summed E-state index contributed by atoms with van der Waals surface area (Å²) in [6.07, 6.45) is 5.96. The molecule has 4 aliphatic rings. The molecule has 0 aromatic carbocycles. The van der Waals surface area contributed by atoms with Gasteiger partial charge >= 0.3 is 11.9 Å². The van der Waals surface area contributed by atoms with E-state index in [4.69, 9.17) is 9.47 Å². The highest BCUT2D eigenvalue weighted by atomic mass is 16.6. The molecule has 0 radical (unpaired) electrons. The lowest BCUT2D eigenvalue weighted by molar-refractivity contribution is -0.228. The van der Waals surface area contributed by atoms with Gasteiger partial charge in [-0.15, -0.1) is 0 Å². The average Bonchev–Trinajstić information content (AvgIpc) is 3.05. The number of fused-ring (bicyclic) bond motifs is 5. The highest BCUT2D eigenvalue weighted by Gasteiger charge is 2.70. The molecule has 188 valence electrons. The molecule has 0 spiro atoms. The Morgan fingerprint density at radius 2 is 2.00 bits per heavy atom. The number of carbonyl (C=O) groups excluding carboxylic acids is 3. The predicted molar refractivity (Wildman–Crippen MR) is 124 cm³/mol. The number of rotatable bonds is 5. The second-order valence-corrected chi connectivity index (χ2v) is 11.3. The molecule has 0 aliphatic heterocycles. The summed E-state index contributed by atoms with van der Waals surface area (Å²) in [7, 11) is 0. The van der Waals surface area contributed by atoms with E-state index in [9.17, 15) is 24.6 Å². The first-order valence-electron chi connectivity index (χ1n) is 12.6. The van der Waals surface area contributed by atoms with Gasteiger partial charge in [0, 0.05) is 30.1 Å². The lowest BCUT2D eigenvalue weighted by atomic mass is 9.44.